The number of rotatable bonds is 6. The minimum Gasteiger partial charge on any atom is -0.477 e. The molecule has 0 aromatic carbocycles. The van der Waals surface area contributed by atoms with Crippen LogP contribution >= 0.6 is 23.1 Å². The maximum atomic E-state index is 12.6. The Hall–Kier alpha value is -3.33. The number of aromatic nitrogens is 1. The molecule has 3 aliphatic rings. The number of likely N-dealkylation sites (tertiary alicyclic amines) is 1. The Bertz CT molecular complexity index is 1060. The number of carboxylic acid groups (broad SMARTS) is 1. The molecule has 3 unspecified atom stereocenters. The number of nitrogen functional groups attached to an aromatic ring is 1. The number of carbonyl (C=O) groups is 4. The fourth-order valence-electron chi connectivity index (χ4n) is 3.85. The maximum absolute atomic E-state index is 12.6. The van der Waals surface area contributed by atoms with Crippen LogP contribution in [0.3, 0.4) is 0 Å². The second-order valence-electron chi connectivity index (χ2n) is 7.35. The molecular formula is C18H20N6O7S2. The van der Waals surface area contributed by atoms with Gasteiger partial charge in [-0.05, 0) is 18.9 Å². The Morgan fingerprint density at radius 1 is 1.39 bits per heavy atom. The van der Waals surface area contributed by atoms with Crippen molar-refractivity contribution in [1.82, 2.24) is 20.1 Å². The summed E-state index contributed by atoms with van der Waals surface area (Å²) in [6.07, 6.45) is 1.14. The van der Waals surface area contributed by atoms with Crippen molar-refractivity contribution in [2.24, 2.45) is 11.1 Å². The number of nitrogens with zero attached hydrogens (tertiary/aromatic N) is 4. The lowest BCUT2D eigenvalue weighted by molar-refractivity contribution is -0.154. The number of oxime groups is 1. The molecule has 33 heavy (non-hydrogen) atoms. The summed E-state index contributed by atoms with van der Waals surface area (Å²) in [7, 11) is 0. The van der Waals surface area contributed by atoms with Crippen molar-refractivity contribution < 1.29 is 34.2 Å². The molecule has 15 heteroatoms. The van der Waals surface area contributed by atoms with E-state index in [0.29, 0.717) is 25.1 Å². The average Bonchev–Trinajstić information content (AvgIpc) is 3.42. The van der Waals surface area contributed by atoms with Crippen LogP contribution in [0.2, 0.25) is 0 Å². The molecule has 3 aliphatic heterocycles. The first-order valence-corrected chi connectivity index (χ1v) is 11.8. The highest BCUT2D eigenvalue weighted by molar-refractivity contribution is 8.00. The molecule has 3 amide bonds. The van der Waals surface area contributed by atoms with E-state index in [-0.39, 0.29) is 28.8 Å². The first kappa shape index (κ1) is 22.8. The Labute approximate surface area is 195 Å². The van der Waals surface area contributed by atoms with E-state index in [0.717, 1.165) is 11.3 Å². The van der Waals surface area contributed by atoms with Gasteiger partial charge in [0.25, 0.3) is 5.91 Å². The molecule has 13 nitrogen and oxygen atoms in total. The number of hydrogen-bond acceptors (Lipinski definition) is 11. The first-order valence-electron chi connectivity index (χ1n) is 9.87. The topological polar surface area (TPSA) is 188 Å². The number of thiazole rings is 1. The number of β-lactam (4-membered cyclic amide) rings is 1. The zero-order chi connectivity index (χ0) is 23.7. The molecular weight excluding hydrogens is 476 g/mol. The highest BCUT2D eigenvalue weighted by Crippen LogP contribution is 2.41. The van der Waals surface area contributed by atoms with Gasteiger partial charge < -0.3 is 26.1 Å². The van der Waals surface area contributed by atoms with Crippen LogP contribution in [-0.4, -0.2) is 85.1 Å². The normalized spacial score (nSPS) is 24.6. The molecule has 0 aliphatic carbocycles. The first-order chi connectivity index (χ1) is 15.8. The van der Waals surface area contributed by atoms with Gasteiger partial charge in [-0.1, -0.05) is 5.16 Å². The molecule has 0 radical (unpaired) electrons. The van der Waals surface area contributed by atoms with Crippen molar-refractivity contribution in [3.63, 3.8) is 0 Å². The van der Waals surface area contributed by atoms with Gasteiger partial charge in [0, 0.05) is 17.7 Å². The van der Waals surface area contributed by atoms with Crippen molar-refractivity contribution >= 4 is 57.8 Å². The minimum absolute atomic E-state index is 0.0585. The fourth-order valence-corrected chi connectivity index (χ4v) is 5.64. The third kappa shape index (κ3) is 4.32. The van der Waals surface area contributed by atoms with Crippen molar-refractivity contribution in [1.29, 1.82) is 0 Å². The number of carbonyl (C=O) groups excluding carboxylic acids is 3. The van der Waals surface area contributed by atoms with Crippen LogP contribution in [-0.2, 0) is 19.1 Å². The molecule has 0 bridgehead atoms. The van der Waals surface area contributed by atoms with Crippen LogP contribution < -0.4 is 11.1 Å². The van der Waals surface area contributed by atoms with E-state index in [2.05, 4.69) is 15.5 Å². The number of carboxylic acids is 1. The molecule has 0 spiro atoms. The number of thioether (sulfide) groups is 1. The summed E-state index contributed by atoms with van der Waals surface area (Å²) in [5, 5.41) is 25.3. The van der Waals surface area contributed by atoms with Crippen LogP contribution in [0.25, 0.3) is 0 Å². The van der Waals surface area contributed by atoms with Gasteiger partial charge in [-0.15, -0.1) is 23.1 Å². The lowest BCUT2D eigenvalue weighted by Gasteiger charge is -2.48. The van der Waals surface area contributed by atoms with Gasteiger partial charge in [-0.2, -0.15) is 0 Å². The zero-order valence-electron chi connectivity index (χ0n) is 17.0. The summed E-state index contributed by atoms with van der Waals surface area (Å²) in [6, 6.07) is 0. The molecule has 4 heterocycles. The molecule has 2 fully saturated rings. The number of fused-ring (bicyclic) bond motifs is 1. The smallest absolute Gasteiger partial charge is 0.411 e. The van der Waals surface area contributed by atoms with E-state index in [9.17, 15) is 29.5 Å². The number of anilines is 1. The quantitative estimate of drug-likeness (QED) is 0.182. The van der Waals surface area contributed by atoms with Crippen LogP contribution in [0, 0.1) is 5.92 Å². The molecule has 1 aromatic heterocycles. The molecule has 176 valence electrons. The van der Waals surface area contributed by atoms with Gasteiger partial charge in [-0.3, -0.25) is 19.4 Å². The third-order valence-electron chi connectivity index (χ3n) is 5.43. The van der Waals surface area contributed by atoms with Gasteiger partial charge in [0.1, 0.15) is 30.1 Å². The van der Waals surface area contributed by atoms with Crippen LogP contribution in [0.5, 0.6) is 0 Å². The van der Waals surface area contributed by atoms with Gasteiger partial charge in [0.2, 0.25) is 5.91 Å². The molecule has 0 saturated carbocycles. The van der Waals surface area contributed by atoms with Gasteiger partial charge in [0.15, 0.2) is 10.8 Å². The third-order valence-corrected chi connectivity index (χ3v) is 7.34. The van der Waals surface area contributed by atoms with Crippen molar-refractivity contribution in [3.8, 4) is 0 Å². The molecule has 5 N–H and O–H groups in total. The van der Waals surface area contributed by atoms with E-state index in [1.807, 2.05) is 0 Å². The second kappa shape index (κ2) is 9.27. The van der Waals surface area contributed by atoms with E-state index in [1.165, 1.54) is 33.0 Å². The number of ether oxygens (including phenoxy) is 1. The largest absolute Gasteiger partial charge is 0.477 e. The summed E-state index contributed by atoms with van der Waals surface area (Å²) in [4.78, 5) is 55.3. The molecule has 2 saturated heterocycles. The fraction of sp³-hybridized carbons (Fsp3) is 0.444. The molecule has 4 rings (SSSR count). The van der Waals surface area contributed by atoms with Crippen LogP contribution in [0.1, 0.15) is 18.5 Å². The SMILES string of the molecule is Nc1nc(/C(=N/O)C(=O)NC2CCCN2C(=O)OCC2C(=O)N3C(C(=O)O)=CCSC23)cs1. The van der Waals surface area contributed by atoms with Crippen molar-refractivity contribution in [2.75, 3.05) is 24.6 Å². The second-order valence-corrected chi connectivity index (χ2v) is 9.39. The highest BCUT2D eigenvalue weighted by atomic mass is 32.2. The van der Waals surface area contributed by atoms with Crippen molar-refractivity contribution in [3.05, 3.63) is 22.8 Å². The standard InChI is InChI=1S/C18H20N6O7S2/c19-17-20-9(7-33-17)12(22-30)13(25)21-11-2-1-4-23(11)18(29)31-6-8-14(26)24-10(16(27)28)3-5-32-15(8)24/h3,7-8,11,15,30H,1-2,4-6H2,(H2,19,20)(H,21,25)(H,27,28)/b22-12-. The van der Waals surface area contributed by atoms with Crippen LogP contribution in [0.4, 0.5) is 9.93 Å². The predicted octanol–water partition coefficient (Wildman–Crippen LogP) is 0.0781. The summed E-state index contributed by atoms with van der Waals surface area (Å²) >= 11 is 2.48. The predicted molar refractivity (Wildman–Crippen MR) is 116 cm³/mol. The summed E-state index contributed by atoms with van der Waals surface area (Å²) < 4.78 is 5.33. The maximum Gasteiger partial charge on any atom is 0.411 e. The highest BCUT2D eigenvalue weighted by Gasteiger charge is 2.52. The minimum atomic E-state index is -1.18. The number of amides is 3. The summed E-state index contributed by atoms with van der Waals surface area (Å²) in [5.41, 5.74) is 5.27. The van der Waals surface area contributed by atoms with E-state index < -0.39 is 41.3 Å². The lowest BCUT2D eigenvalue weighted by atomic mass is 9.97. The Morgan fingerprint density at radius 2 is 2.18 bits per heavy atom. The number of hydrogen-bond donors (Lipinski definition) is 4. The van der Waals surface area contributed by atoms with Crippen LogP contribution in [0.15, 0.2) is 22.3 Å². The average molecular weight is 497 g/mol. The number of nitrogens with one attached hydrogen (secondary N) is 1. The lowest BCUT2D eigenvalue weighted by Crippen LogP contribution is -2.62. The van der Waals surface area contributed by atoms with E-state index in [4.69, 9.17) is 10.5 Å². The number of aliphatic carboxylic acids is 1. The Kier molecular flexibility index (Phi) is 6.42. The van der Waals surface area contributed by atoms with Gasteiger partial charge in [0.05, 0.1) is 5.37 Å². The van der Waals surface area contributed by atoms with E-state index in [1.54, 1.807) is 0 Å². The summed E-state index contributed by atoms with van der Waals surface area (Å²) in [5.74, 6) is -2.51. The number of nitrogens with two attached hydrogens (primary N) is 1. The Balaban J connectivity index is 1.33. The summed E-state index contributed by atoms with van der Waals surface area (Å²) in [6.45, 7) is 0.130. The Morgan fingerprint density at radius 3 is 2.85 bits per heavy atom. The van der Waals surface area contributed by atoms with Crippen molar-refractivity contribution in [2.45, 2.75) is 24.4 Å². The van der Waals surface area contributed by atoms with E-state index >= 15 is 0 Å². The molecule has 1 aromatic rings. The van der Waals surface area contributed by atoms with Gasteiger partial charge in [-0.25, -0.2) is 14.6 Å². The van der Waals surface area contributed by atoms with Gasteiger partial charge >= 0.3 is 12.1 Å². The zero-order valence-corrected chi connectivity index (χ0v) is 18.7. The monoisotopic (exact) mass is 496 g/mol. The molecule has 3 atom stereocenters.